The van der Waals surface area contributed by atoms with Gasteiger partial charge in [0.1, 0.15) is 19.6 Å². The third kappa shape index (κ3) is 10.4. The van der Waals surface area contributed by atoms with Crippen LogP contribution >= 0.6 is 0 Å². The van der Waals surface area contributed by atoms with Crippen LogP contribution in [-0.2, 0) is 40.1 Å². The van der Waals surface area contributed by atoms with Crippen LogP contribution in [0.25, 0.3) is 67.1 Å². The Bertz CT molecular complexity index is 3360. The Hall–Kier alpha value is -6.88. The van der Waals surface area contributed by atoms with Crippen molar-refractivity contribution in [2.75, 3.05) is 24.6 Å². The Morgan fingerprint density at radius 2 is 0.942 bits per heavy atom. The Labute approximate surface area is 394 Å². The van der Waals surface area contributed by atoms with Crippen LogP contribution < -0.4 is 42.7 Å². The molecule has 0 aliphatic rings. The van der Waals surface area contributed by atoms with Gasteiger partial charge in [-0.25, -0.2) is 63.4 Å². The number of aromatic nitrogens is 12. The number of hydrogen-bond donors (Lipinski definition) is 12. The fourth-order valence-corrected chi connectivity index (χ4v) is 13.1. The van der Waals surface area contributed by atoms with Crippen LogP contribution in [0, 0.1) is 0 Å². The van der Waals surface area contributed by atoms with Crippen molar-refractivity contribution in [2.24, 2.45) is 21.7 Å². The van der Waals surface area contributed by atoms with Crippen molar-refractivity contribution in [3.05, 3.63) is 60.7 Å². The van der Waals surface area contributed by atoms with Gasteiger partial charge in [0, 0.05) is 36.3 Å². The lowest BCUT2D eigenvalue weighted by Gasteiger charge is -2.19. The molecule has 18 N–H and O–H groups in total. The fourth-order valence-electron chi connectivity index (χ4n) is 7.24. The SMILES string of the molecule is C.CCC(CN)NS(=O)(=O)c1ccc(-c2cccc3[nH]c(N)nc23)c(-c2nn[nH]n2)c1S(N)(=O)=O.CC[C@H](CN)NS(=O)(=O)c1ccc(-c2cccc3[nH]c(N)nc23)c(-c2nn[nH]n2)c1S(N)(=O)=O. The molecule has 2 atom stereocenters. The number of H-pyrrole nitrogens is 4. The lowest BCUT2D eigenvalue weighted by Crippen LogP contribution is -2.40. The number of nitrogen functional groups attached to an aromatic ring is 2. The molecular formula is C37H48N20O8S4. The standard InChI is InChI=1S/2C18H22N10O4S2.CH4/c2*1-2-9(8-19)26-34(31,32)13-7-6-10(11-4-3-5-12-15(11)23-18(20)22-12)14(16(13)33(21,29)30)17-24-27-28-25-17;/h2*3-7,9,26H,2,8,19H2,1H3,(H3,20,22,23)(H2,21,29,30)(H,24,25,27,28);1H4/t9-;;/m1../s1. The summed E-state index contributed by atoms with van der Waals surface area (Å²) < 4.78 is 109. The molecule has 0 saturated carbocycles. The second-order valence-electron chi connectivity index (χ2n) is 14.8. The predicted octanol–water partition coefficient (Wildman–Crippen LogP) is -0.0535. The molecule has 4 aromatic carbocycles. The van der Waals surface area contributed by atoms with Crippen LogP contribution in [0.1, 0.15) is 34.1 Å². The summed E-state index contributed by atoms with van der Waals surface area (Å²) in [6.07, 6.45) is 0.775. The van der Waals surface area contributed by atoms with Crippen LogP contribution in [0.2, 0.25) is 0 Å². The number of anilines is 2. The number of benzene rings is 4. The van der Waals surface area contributed by atoms with Gasteiger partial charge >= 0.3 is 0 Å². The van der Waals surface area contributed by atoms with E-state index in [2.05, 4.69) is 70.6 Å². The van der Waals surface area contributed by atoms with Gasteiger partial charge in [-0.05, 0) is 58.7 Å². The van der Waals surface area contributed by atoms with Gasteiger partial charge in [-0.15, -0.1) is 20.4 Å². The fraction of sp³-hybridized carbons (Fsp3) is 0.243. The maximum atomic E-state index is 13.2. The zero-order valence-electron chi connectivity index (χ0n) is 35.7. The van der Waals surface area contributed by atoms with Crippen LogP contribution in [0.5, 0.6) is 0 Å². The molecule has 1 unspecified atom stereocenters. The topological polar surface area (TPSA) is 483 Å². The van der Waals surface area contributed by atoms with E-state index in [1.54, 1.807) is 50.2 Å². The van der Waals surface area contributed by atoms with Crippen molar-refractivity contribution < 1.29 is 33.7 Å². The lowest BCUT2D eigenvalue weighted by atomic mass is 9.98. The molecule has 0 radical (unpaired) electrons. The number of primary sulfonamides is 2. The van der Waals surface area contributed by atoms with Crippen LogP contribution in [0.3, 0.4) is 0 Å². The van der Waals surface area contributed by atoms with E-state index in [1.165, 1.54) is 12.1 Å². The van der Waals surface area contributed by atoms with Crippen molar-refractivity contribution in [2.45, 2.75) is 65.8 Å². The zero-order chi connectivity index (χ0) is 49.3. The van der Waals surface area contributed by atoms with Crippen LogP contribution in [0.4, 0.5) is 11.9 Å². The number of nitrogens with two attached hydrogens (primary N) is 6. The van der Waals surface area contributed by atoms with Gasteiger partial charge < -0.3 is 32.9 Å². The number of nitrogens with zero attached hydrogens (tertiary/aromatic N) is 8. The van der Waals surface area contributed by atoms with Crippen molar-refractivity contribution in [3.63, 3.8) is 0 Å². The van der Waals surface area contributed by atoms with Gasteiger partial charge in [0.2, 0.25) is 51.7 Å². The molecule has 368 valence electrons. The number of para-hydroxylation sites is 2. The molecule has 4 heterocycles. The second-order valence-corrected chi connectivity index (χ2v) is 21.1. The first-order valence-corrected chi connectivity index (χ1v) is 26.0. The summed E-state index contributed by atoms with van der Waals surface area (Å²) in [7, 11) is -18.0. The quantitative estimate of drug-likeness (QED) is 0.0603. The van der Waals surface area contributed by atoms with Crippen molar-refractivity contribution in [1.82, 2.24) is 70.6 Å². The molecule has 8 aromatic rings. The number of nitrogens with one attached hydrogen (secondary N) is 6. The molecule has 0 aliphatic heterocycles. The minimum absolute atomic E-state index is 0. The second kappa shape index (κ2) is 20.0. The predicted molar refractivity (Wildman–Crippen MR) is 255 cm³/mol. The smallest absolute Gasteiger partial charge is 0.242 e. The van der Waals surface area contributed by atoms with Gasteiger partial charge in [0.15, 0.2) is 11.9 Å². The van der Waals surface area contributed by atoms with Gasteiger partial charge in [0.05, 0.1) is 33.2 Å². The average Bonchev–Trinajstić information content (AvgIpc) is 4.14. The highest BCUT2D eigenvalue weighted by atomic mass is 32.2. The third-order valence-corrected chi connectivity index (χ3v) is 15.7. The molecule has 69 heavy (non-hydrogen) atoms. The number of tetrazole rings is 2. The van der Waals surface area contributed by atoms with Gasteiger partial charge in [-0.1, -0.05) is 57.7 Å². The first-order chi connectivity index (χ1) is 32.1. The molecule has 0 aliphatic carbocycles. The van der Waals surface area contributed by atoms with Gasteiger partial charge in [-0.3, -0.25) is 0 Å². The molecule has 0 bridgehead atoms. The molecule has 0 saturated heterocycles. The van der Waals surface area contributed by atoms with Crippen molar-refractivity contribution in [1.29, 1.82) is 0 Å². The highest BCUT2D eigenvalue weighted by molar-refractivity contribution is 7.93. The average molecular weight is 1030 g/mol. The number of imidazole rings is 2. The van der Waals surface area contributed by atoms with E-state index in [1.807, 2.05) is 0 Å². The van der Waals surface area contributed by atoms with Gasteiger partial charge in [-0.2, -0.15) is 10.4 Å². The normalized spacial score (nSPS) is 13.2. The summed E-state index contributed by atoms with van der Waals surface area (Å²) in [5, 5.41) is 38.1. The first-order valence-electron chi connectivity index (χ1n) is 19.9. The summed E-state index contributed by atoms with van der Waals surface area (Å²) in [5.41, 5.74) is 26.0. The Kier molecular flexibility index (Phi) is 14.9. The van der Waals surface area contributed by atoms with Crippen LogP contribution in [0.15, 0.2) is 80.2 Å². The minimum Gasteiger partial charge on any atom is -0.369 e. The van der Waals surface area contributed by atoms with Crippen LogP contribution in [-0.4, -0.2) is 120 Å². The molecule has 28 nitrogen and oxygen atoms in total. The summed E-state index contributed by atoms with van der Waals surface area (Å²) in [4.78, 5) is 11.8. The largest absolute Gasteiger partial charge is 0.369 e. The maximum absolute atomic E-state index is 13.2. The molecule has 4 aromatic heterocycles. The van der Waals surface area contributed by atoms with Crippen molar-refractivity contribution >= 4 is 74.1 Å². The van der Waals surface area contributed by atoms with E-state index in [-0.39, 0.29) is 66.3 Å². The summed E-state index contributed by atoms with van der Waals surface area (Å²) in [6.45, 7) is 3.51. The number of hydrogen-bond acceptors (Lipinski definition) is 20. The lowest BCUT2D eigenvalue weighted by molar-refractivity contribution is 0.538. The van der Waals surface area contributed by atoms with E-state index < -0.39 is 71.8 Å². The minimum atomic E-state index is -4.63. The van der Waals surface area contributed by atoms with E-state index >= 15 is 0 Å². The van der Waals surface area contributed by atoms with E-state index in [0.29, 0.717) is 46.0 Å². The highest BCUT2D eigenvalue weighted by Crippen LogP contribution is 2.42. The molecule has 8 rings (SSSR count). The van der Waals surface area contributed by atoms with Crippen molar-refractivity contribution in [3.8, 4) is 45.0 Å². The number of rotatable bonds is 16. The zero-order valence-corrected chi connectivity index (χ0v) is 39.0. The summed E-state index contributed by atoms with van der Waals surface area (Å²) >= 11 is 0. The molecule has 0 amide bonds. The van der Waals surface area contributed by atoms with E-state index in [4.69, 9.17) is 33.2 Å². The van der Waals surface area contributed by atoms with E-state index in [9.17, 15) is 33.7 Å². The van der Waals surface area contributed by atoms with Gasteiger partial charge in [0.25, 0.3) is 0 Å². The number of aromatic amines is 4. The first kappa shape index (κ1) is 51.5. The highest BCUT2D eigenvalue weighted by Gasteiger charge is 2.35. The summed E-state index contributed by atoms with van der Waals surface area (Å²) in [6, 6.07) is 14.1. The summed E-state index contributed by atoms with van der Waals surface area (Å²) in [5.74, 6) is -0.0676. The third-order valence-electron chi connectivity index (χ3n) is 10.4. The number of sulfonamides is 4. The Morgan fingerprint density at radius 3 is 1.25 bits per heavy atom. The molecule has 32 heteroatoms. The Balaban J connectivity index is 0.000000224. The number of fused-ring (bicyclic) bond motifs is 2. The maximum Gasteiger partial charge on any atom is 0.242 e. The monoisotopic (exact) mass is 1030 g/mol. The molecular weight excluding hydrogens is 981 g/mol. The Morgan fingerprint density at radius 1 is 0.565 bits per heavy atom. The van der Waals surface area contributed by atoms with E-state index in [0.717, 1.165) is 12.1 Å². The molecule has 0 spiro atoms. The molecule has 0 fully saturated rings.